The Hall–Kier alpha value is -0.820. The number of ether oxygens (including phenoxy) is 4. The molecule has 2 heterocycles. The Morgan fingerprint density at radius 2 is 1.38 bits per heavy atom. The highest BCUT2D eigenvalue weighted by atomic mass is 16.8. The van der Waals surface area contributed by atoms with E-state index in [-0.39, 0.29) is 23.7 Å². The lowest BCUT2D eigenvalue weighted by molar-refractivity contribution is -0.383. The summed E-state index contributed by atoms with van der Waals surface area (Å²) < 4.78 is 24.9. The first-order valence-corrected chi connectivity index (χ1v) is 21.0. The number of hydrogen-bond acceptors (Lipinski definition) is 14. The number of aliphatic hydroxyl groups is 10. The minimum absolute atomic E-state index is 0.0169. The molecule has 6 rings (SSSR count). The molecule has 0 bridgehead atoms. The van der Waals surface area contributed by atoms with E-state index in [4.69, 9.17) is 18.9 Å². The number of rotatable bonds is 10. The van der Waals surface area contributed by atoms with Crippen LogP contribution in [0.3, 0.4) is 0 Å². The van der Waals surface area contributed by atoms with Gasteiger partial charge in [-0.1, -0.05) is 46.3 Å². The molecule has 4 aliphatic carbocycles. The molecule has 324 valence electrons. The minimum atomic E-state index is -1.81. The molecule has 10 N–H and O–H groups in total. The lowest BCUT2D eigenvalue weighted by atomic mass is 9.34. The second kappa shape index (κ2) is 15.9. The van der Waals surface area contributed by atoms with E-state index < -0.39 is 120 Å². The van der Waals surface area contributed by atoms with Crippen molar-refractivity contribution in [2.45, 2.75) is 192 Å². The highest BCUT2D eigenvalue weighted by Crippen LogP contribution is 2.76. The summed E-state index contributed by atoms with van der Waals surface area (Å²) in [5.74, 6) is -0.623. The predicted octanol–water partition coefficient (Wildman–Crippen LogP) is 1.12. The maximum Gasteiger partial charge on any atom is 0.187 e. The summed E-state index contributed by atoms with van der Waals surface area (Å²) in [7, 11) is 0. The van der Waals surface area contributed by atoms with Crippen LogP contribution in [0.1, 0.15) is 107 Å². The first kappa shape index (κ1) is 44.7. The fourth-order valence-corrected chi connectivity index (χ4v) is 13.4. The van der Waals surface area contributed by atoms with Crippen LogP contribution in [0.25, 0.3) is 0 Å². The summed E-state index contributed by atoms with van der Waals surface area (Å²) in [6.07, 6.45) is -10.6. The Morgan fingerprint density at radius 1 is 0.768 bits per heavy atom. The molecule has 0 radical (unpaired) electrons. The van der Waals surface area contributed by atoms with E-state index in [1.807, 2.05) is 34.6 Å². The molecule has 0 aromatic heterocycles. The molecule has 21 atom stereocenters. The zero-order chi connectivity index (χ0) is 41.5. The summed E-state index contributed by atoms with van der Waals surface area (Å²) in [6, 6.07) is 0. The van der Waals surface area contributed by atoms with E-state index >= 15 is 0 Å². The fourth-order valence-electron chi connectivity index (χ4n) is 13.4. The van der Waals surface area contributed by atoms with E-state index in [1.54, 1.807) is 0 Å². The van der Waals surface area contributed by atoms with Gasteiger partial charge in [-0.15, -0.1) is 0 Å². The average Bonchev–Trinajstić information content (AvgIpc) is 3.51. The van der Waals surface area contributed by atoms with Crippen molar-refractivity contribution in [2.24, 2.45) is 45.3 Å². The highest BCUT2D eigenvalue weighted by molar-refractivity contribution is 5.22. The topological polar surface area (TPSA) is 239 Å². The molecule has 0 amide bonds. The van der Waals surface area contributed by atoms with Gasteiger partial charge in [-0.2, -0.15) is 0 Å². The van der Waals surface area contributed by atoms with E-state index in [2.05, 4.69) is 26.8 Å². The van der Waals surface area contributed by atoms with E-state index in [0.717, 1.165) is 19.3 Å². The third kappa shape index (κ3) is 7.16. The quantitative estimate of drug-likeness (QED) is 0.110. The SMILES string of the molecule is CC(C)=CCC[C@](C)(O)[C@H]1CC[C@]2(C)C1[C@H](O)C[C@@H]1[C@@]3(C)CC[C@H](O)C(C)(C)[C@@H]3[C@@H](O[C@@H]3O[C@H](CO)[C@@H](O)[C@H](O)[C@H]3O[C@@H]3O[C@H](CO)[C@@H](O)[C@H](O)[C@H]3O)C[C@]12C. The van der Waals surface area contributed by atoms with Crippen molar-refractivity contribution in [3.05, 3.63) is 11.6 Å². The number of fused-ring (bicyclic) bond motifs is 5. The van der Waals surface area contributed by atoms with Crippen LogP contribution in [0, 0.1) is 45.3 Å². The Labute approximate surface area is 331 Å². The Kier molecular flexibility index (Phi) is 12.7. The van der Waals surface area contributed by atoms with Gasteiger partial charge in [0.05, 0.1) is 37.1 Å². The van der Waals surface area contributed by atoms with Crippen molar-refractivity contribution in [3.8, 4) is 0 Å². The van der Waals surface area contributed by atoms with Crippen molar-refractivity contribution in [1.29, 1.82) is 0 Å². The van der Waals surface area contributed by atoms with E-state index in [0.29, 0.717) is 32.1 Å². The molecule has 14 heteroatoms. The van der Waals surface area contributed by atoms with Crippen molar-refractivity contribution in [2.75, 3.05) is 13.2 Å². The average molecular weight is 801 g/mol. The summed E-state index contributed by atoms with van der Waals surface area (Å²) in [6.45, 7) is 15.5. The Balaban J connectivity index is 1.38. The first-order valence-electron chi connectivity index (χ1n) is 21.0. The van der Waals surface area contributed by atoms with Gasteiger partial charge in [0.25, 0.3) is 0 Å². The predicted molar refractivity (Wildman–Crippen MR) is 202 cm³/mol. The molecule has 1 unspecified atom stereocenters. The summed E-state index contributed by atoms with van der Waals surface area (Å²) in [5.41, 5.74) is -1.85. The van der Waals surface area contributed by atoms with E-state index in [1.165, 1.54) is 5.57 Å². The fraction of sp³-hybridized carbons (Fsp3) is 0.952. The van der Waals surface area contributed by atoms with Crippen LogP contribution in [0.2, 0.25) is 0 Å². The molecule has 2 aliphatic heterocycles. The zero-order valence-electron chi connectivity index (χ0n) is 34.6. The molecule has 4 saturated carbocycles. The van der Waals surface area contributed by atoms with Gasteiger partial charge >= 0.3 is 0 Å². The van der Waals surface area contributed by atoms with Gasteiger partial charge in [0.2, 0.25) is 0 Å². The Morgan fingerprint density at radius 3 is 1.98 bits per heavy atom. The molecule has 0 spiro atoms. The van der Waals surface area contributed by atoms with Gasteiger partial charge in [-0.05, 0) is 117 Å². The Bertz CT molecular complexity index is 1400. The van der Waals surface area contributed by atoms with Crippen LogP contribution in [0.4, 0.5) is 0 Å². The molecule has 56 heavy (non-hydrogen) atoms. The second-order valence-corrected chi connectivity index (χ2v) is 20.3. The van der Waals surface area contributed by atoms with Crippen LogP contribution in [-0.2, 0) is 18.9 Å². The van der Waals surface area contributed by atoms with Crippen LogP contribution >= 0.6 is 0 Å². The molecule has 0 aromatic carbocycles. The van der Waals surface area contributed by atoms with Crippen LogP contribution in [-0.4, -0.2) is 150 Å². The summed E-state index contributed by atoms with van der Waals surface area (Å²) >= 11 is 0. The van der Waals surface area contributed by atoms with Gasteiger partial charge in [-0.25, -0.2) is 0 Å². The van der Waals surface area contributed by atoms with Crippen molar-refractivity contribution in [3.63, 3.8) is 0 Å². The van der Waals surface area contributed by atoms with E-state index in [9.17, 15) is 51.1 Å². The number of hydrogen-bond donors (Lipinski definition) is 10. The van der Waals surface area contributed by atoms with Crippen molar-refractivity contribution in [1.82, 2.24) is 0 Å². The second-order valence-electron chi connectivity index (χ2n) is 20.3. The minimum Gasteiger partial charge on any atom is -0.394 e. The zero-order valence-corrected chi connectivity index (χ0v) is 34.6. The van der Waals surface area contributed by atoms with Gasteiger partial charge in [0.1, 0.15) is 48.8 Å². The lowest BCUT2D eigenvalue weighted by Gasteiger charge is -2.72. The standard InChI is InChI=1S/C42H72O14/c1-20(2)10-9-13-42(8,52)21-11-15-40(6)28(21)22(45)16-26-39(5)14-12-27(46)38(3,4)35(39)23(17-41(26,40)7)53-37-34(32(50)30(48)25(19-44)55-37)56-36-33(51)31(49)29(47)24(18-43)54-36/h10,21-37,43-52H,9,11-19H2,1-8H3/t21-,22+,23-,24+,25+,26+,27-,28?,29+,30+,31-,32-,33+,34+,35-,36-,37+,39+,40+,41+,42-/m0/s1. The maximum atomic E-state index is 12.3. The molecule has 6 fully saturated rings. The summed E-state index contributed by atoms with van der Waals surface area (Å²) in [4.78, 5) is 0. The molecular weight excluding hydrogens is 728 g/mol. The van der Waals surface area contributed by atoms with Gasteiger partial charge < -0.3 is 70.0 Å². The van der Waals surface area contributed by atoms with Gasteiger partial charge in [0.15, 0.2) is 12.6 Å². The van der Waals surface area contributed by atoms with Crippen molar-refractivity contribution >= 4 is 0 Å². The largest absolute Gasteiger partial charge is 0.394 e. The smallest absolute Gasteiger partial charge is 0.187 e. The van der Waals surface area contributed by atoms with Crippen LogP contribution in [0.5, 0.6) is 0 Å². The first-order chi connectivity index (χ1) is 26.0. The lowest BCUT2D eigenvalue weighted by Crippen LogP contribution is -2.71. The third-order valence-corrected chi connectivity index (χ3v) is 16.5. The molecule has 0 aromatic rings. The molecule has 2 saturated heterocycles. The van der Waals surface area contributed by atoms with Gasteiger partial charge in [-0.3, -0.25) is 0 Å². The molecule has 14 nitrogen and oxygen atoms in total. The highest BCUT2D eigenvalue weighted by Gasteiger charge is 2.73. The van der Waals surface area contributed by atoms with Crippen molar-refractivity contribution < 1.29 is 70.0 Å². The van der Waals surface area contributed by atoms with Crippen LogP contribution < -0.4 is 0 Å². The van der Waals surface area contributed by atoms with Crippen LogP contribution in [0.15, 0.2) is 11.6 Å². The number of aliphatic hydroxyl groups excluding tert-OH is 9. The number of allylic oxidation sites excluding steroid dienone is 2. The molecular formula is C42H72O14. The normalized spacial score (nSPS) is 52.6. The molecule has 6 aliphatic rings. The monoisotopic (exact) mass is 800 g/mol. The summed E-state index contributed by atoms with van der Waals surface area (Å²) in [5, 5.41) is 110. The van der Waals surface area contributed by atoms with Gasteiger partial charge in [0, 0.05) is 0 Å². The third-order valence-electron chi connectivity index (χ3n) is 16.5. The maximum absolute atomic E-state index is 12.3.